The van der Waals surface area contributed by atoms with Gasteiger partial charge in [0.1, 0.15) is 11.9 Å². The van der Waals surface area contributed by atoms with Gasteiger partial charge in [0.25, 0.3) is 0 Å². The van der Waals surface area contributed by atoms with E-state index in [-0.39, 0.29) is 0 Å². The van der Waals surface area contributed by atoms with Crippen LogP contribution in [0.5, 0.6) is 5.75 Å². The third-order valence-electron chi connectivity index (χ3n) is 2.94. The van der Waals surface area contributed by atoms with Crippen LogP contribution in [0.15, 0.2) is 46.9 Å². The van der Waals surface area contributed by atoms with Crippen molar-refractivity contribution >= 4 is 15.9 Å². The molecular formula is C16H17BrO2. The number of halogens is 1. The highest BCUT2D eigenvalue weighted by atomic mass is 79.9. The number of aliphatic hydroxyl groups excluding tert-OH is 1. The molecule has 2 nitrogen and oxygen atoms in total. The summed E-state index contributed by atoms with van der Waals surface area (Å²) in [6.45, 7) is 4.59. The maximum absolute atomic E-state index is 10.5. The lowest BCUT2D eigenvalue weighted by Crippen LogP contribution is -2.02. The van der Waals surface area contributed by atoms with Gasteiger partial charge in [0.15, 0.2) is 0 Å². The molecule has 3 heteroatoms. The summed E-state index contributed by atoms with van der Waals surface area (Å²) in [5.74, 6) is 0.780. The molecule has 0 aliphatic rings. The van der Waals surface area contributed by atoms with E-state index in [0.717, 1.165) is 26.9 Å². The Hall–Kier alpha value is -1.32. The highest BCUT2D eigenvalue weighted by molar-refractivity contribution is 9.10. The molecule has 2 aromatic carbocycles. The Labute approximate surface area is 122 Å². The van der Waals surface area contributed by atoms with Gasteiger partial charge >= 0.3 is 0 Å². The number of aliphatic hydroxyl groups is 1. The Morgan fingerprint density at radius 2 is 2.00 bits per heavy atom. The van der Waals surface area contributed by atoms with Crippen molar-refractivity contribution in [2.75, 3.05) is 6.61 Å². The van der Waals surface area contributed by atoms with Crippen molar-refractivity contribution in [2.24, 2.45) is 0 Å². The highest BCUT2D eigenvalue weighted by Gasteiger charge is 2.14. The fourth-order valence-electron chi connectivity index (χ4n) is 1.97. The number of hydrogen-bond acceptors (Lipinski definition) is 2. The van der Waals surface area contributed by atoms with E-state index in [2.05, 4.69) is 15.9 Å². The van der Waals surface area contributed by atoms with Gasteiger partial charge in [-0.3, -0.25) is 0 Å². The van der Waals surface area contributed by atoms with E-state index in [1.54, 1.807) is 0 Å². The van der Waals surface area contributed by atoms with Crippen LogP contribution in [0.1, 0.15) is 29.7 Å². The van der Waals surface area contributed by atoms with Crippen LogP contribution >= 0.6 is 15.9 Å². The first kappa shape index (κ1) is 14.1. The van der Waals surface area contributed by atoms with Gasteiger partial charge in [-0.15, -0.1) is 0 Å². The molecular weight excluding hydrogens is 304 g/mol. The van der Waals surface area contributed by atoms with Crippen LogP contribution in [0, 0.1) is 6.92 Å². The van der Waals surface area contributed by atoms with E-state index in [9.17, 15) is 5.11 Å². The minimum Gasteiger partial charge on any atom is -0.494 e. The number of hydrogen-bond donors (Lipinski definition) is 1. The number of aryl methyl sites for hydroxylation is 1. The van der Waals surface area contributed by atoms with Gasteiger partial charge in [0.2, 0.25) is 0 Å². The Balaban J connectivity index is 2.32. The predicted octanol–water partition coefficient (Wildman–Crippen LogP) is 4.24. The molecule has 0 bridgehead atoms. The number of rotatable bonds is 4. The molecule has 0 radical (unpaired) electrons. The van der Waals surface area contributed by atoms with Gasteiger partial charge in [-0.1, -0.05) is 40.2 Å². The van der Waals surface area contributed by atoms with Crippen molar-refractivity contribution in [1.82, 2.24) is 0 Å². The molecule has 0 aliphatic carbocycles. The summed E-state index contributed by atoms with van der Waals surface area (Å²) < 4.78 is 6.38. The molecule has 19 heavy (non-hydrogen) atoms. The maximum Gasteiger partial charge on any atom is 0.119 e. The second-order valence-electron chi connectivity index (χ2n) is 4.43. The zero-order valence-corrected chi connectivity index (χ0v) is 12.6. The molecule has 100 valence electrons. The zero-order chi connectivity index (χ0) is 13.8. The molecule has 2 aromatic rings. The summed E-state index contributed by atoms with van der Waals surface area (Å²) in [6.07, 6.45) is -0.657. The number of benzene rings is 2. The molecule has 2 rings (SSSR count). The van der Waals surface area contributed by atoms with E-state index in [0.29, 0.717) is 6.61 Å². The highest BCUT2D eigenvalue weighted by Crippen LogP contribution is 2.30. The fraction of sp³-hybridized carbons (Fsp3) is 0.250. The van der Waals surface area contributed by atoms with Gasteiger partial charge in [0.05, 0.1) is 6.61 Å². The second kappa shape index (κ2) is 6.22. The van der Waals surface area contributed by atoms with Crippen molar-refractivity contribution in [3.63, 3.8) is 0 Å². The maximum atomic E-state index is 10.5. The van der Waals surface area contributed by atoms with Gasteiger partial charge in [0, 0.05) is 4.47 Å². The van der Waals surface area contributed by atoms with Crippen LogP contribution in [0.2, 0.25) is 0 Å². The van der Waals surface area contributed by atoms with E-state index < -0.39 is 6.10 Å². The number of ether oxygens (including phenoxy) is 1. The van der Waals surface area contributed by atoms with Crippen LogP contribution in [-0.4, -0.2) is 11.7 Å². The standard InChI is InChI=1S/C16H17BrO2/c1-3-19-13-6-4-5-12(10-13)16(18)14-8-7-11(2)9-15(14)17/h4-10,16,18H,3H2,1-2H3. The van der Waals surface area contributed by atoms with E-state index in [1.807, 2.05) is 56.3 Å². The molecule has 0 aliphatic heterocycles. The topological polar surface area (TPSA) is 29.5 Å². The van der Waals surface area contributed by atoms with Crippen molar-refractivity contribution < 1.29 is 9.84 Å². The minimum atomic E-state index is -0.657. The van der Waals surface area contributed by atoms with Crippen molar-refractivity contribution in [3.05, 3.63) is 63.6 Å². The first-order valence-electron chi connectivity index (χ1n) is 6.28. The van der Waals surface area contributed by atoms with Crippen LogP contribution in [-0.2, 0) is 0 Å². The van der Waals surface area contributed by atoms with Crippen LogP contribution < -0.4 is 4.74 Å². The first-order chi connectivity index (χ1) is 9.11. The average molecular weight is 321 g/mol. The summed E-state index contributed by atoms with van der Waals surface area (Å²) in [5, 5.41) is 10.5. The summed E-state index contributed by atoms with van der Waals surface area (Å²) in [4.78, 5) is 0. The molecule has 0 aromatic heterocycles. The van der Waals surface area contributed by atoms with E-state index in [4.69, 9.17) is 4.74 Å². The Morgan fingerprint density at radius 3 is 2.68 bits per heavy atom. The lowest BCUT2D eigenvalue weighted by atomic mass is 10.0. The van der Waals surface area contributed by atoms with Gasteiger partial charge in [-0.25, -0.2) is 0 Å². The zero-order valence-electron chi connectivity index (χ0n) is 11.1. The third kappa shape index (κ3) is 3.37. The quantitative estimate of drug-likeness (QED) is 0.913. The Kier molecular flexibility index (Phi) is 4.61. The van der Waals surface area contributed by atoms with Crippen LogP contribution in [0.3, 0.4) is 0 Å². The summed E-state index contributed by atoms with van der Waals surface area (Å²) >= 11 is 3.50. The lowest BCUT2D eigenvalue weighted by Gasteiger charge is -2.15. The van der Waals surface area contributed by atoms with Crippen molar-refractivity contribution in [2.45, 2.75) is 20.0 Å². The molecule has 0 heterocycles. The Bertz CT molecular complexity index is 566. The van der Waals surface area contributed by atoms with Gasteiger partial charge in [-0.2, -0.15) is 0 Å². The van der Waals surface area contributed by atoms with Crippen LogP contribution in [0.25, 0.3) is 0 Å². The second-order valence-corrected chi connectivity index (χ2v) is 5.29. The lowest BCUT2D eigenvalue weighted by molar-refractivity contribution is 0.218. The van der Waals surface area contributed by atoms with E-state index >= 15 is 0 Å². The van der Waals surface area contributed by atoms with Gasteiger partial charge in [-0.05, 0) is 48.7 Å². The molecule has 0 saturated heterocycles. The Morgan fingerprint density at radius 1 is 1.21 bits per heavy atom. The summed E-state index contributed by atoms with van der Waals surface area (Å²) in [7, 11) is 0. The molecule has 0 fully saturated rings. The molecule has 1 atom stereocenters. The normalized spacial score (nSPS) is 12.2. The summed E-state index contributed by atoms with van der Waals surface area (Å²) in [6, 6.07) is 13.5. The largest absolute Gasteiger partial charge is 0.494 e. The molecule has 0 saturated carbocycles. The van der Waals surface area contributed by atoms with Crippen molar-refractivity contribution in [1.29, 1.82) is 0 Å². The van der Waals surface area contributed by atoms with Crippen molar-refractivity contribution in [3.8, 4) is 5.75 Å². The molecule has 1 N–H and O–H groups in total. The first-order valence-corrected chi connectivity index (χ1v) is 7.08. The summed E-state index contributed by atoms with van der Waals surface area (Å²) in [5.41, 5.74) is 2.85. The van der Waals surface area contributed by atoms with Crippen LogP contribution in [0.4, 0.5) is 0 Å². The minimum absolute atomic E-state index is 0.619. The average Bonchev–Trinajstić information content (AvgIpc) is 2.39. The molecule has 0 amide bonds. The predicted molar refractivity (Wildman–Crippen MR) is 80.6 cm³/mol. The SMILES string of the molecule is CCOc1cccc(C(O)c2ccc(C)cc2Br)c1. The fourth-order valence-corrected chi connectivity index (χ4v) is 2.68. The van der Waals surface area contributed by atoms with Gasteiger partial charge < -0.3 is 9.84 Å². The molecule has 1 unspecified atom stereocenters. The molecule has 0 spiro atoms. The van der Waals surface area contributed by atoms with E-state index in [1.165, 1.54) is 0 Å². The monoisotopic (exact) mass is 320 g/mol. The third-order valence-corrected chi connectivity index (χ3v) is 3.62. The smallest absolute Gasteiger partial charge is 0.119 e.